The van der Waals surface area contributed by atoms with Crippen LogP contribution in [0.5, 0.6) is 0 Å². The first-order chi connectivity index (χ1) is 9.04. The van der Waals surface area contributed by atoms with Gasteiger partial charge in [-0.3, -0.25) is 0 Å². The molecule has 0 aliphatic heterocycles. The van der Waals surface area contributed by atoms with E-state index >= 15 is 0 Å². The van der Waals surface area contributed by atoms with Crippen molar-refractivity contribution in [2.75, 3.05) is 24.6 Å². The van der Waals surface area contributed by atoms with E-state index in [1.165, 1.54) is 0 Å². The molecule has 1 rings (SSSR count). The van der Waals surface area contributed by atoms with Crippen LogP contribution >= 0.6 is 11.6 Å². The lowest BCUT2D eigenvalue weighted by atomic mass is 10.2. The van der Waals surface area contributed by atoms with E-state index in [-0.39, 0.29) is 0 Å². The van der Waals surface area contributed by atoms with Gasteiger partial charge in [0, 0.05) is 12.7 Å². The summed E-state index contributed by atoms with van der Waals surface area (Å²) in [6.07, 6.45) is -8.91. The Bertz CT molecular complexity index is 462. The second kappa shape index (κ2) is 6.04. The monoisotopic (exact) mass is 322 g/mol. The highest BCUT2D eigenvalue weighted by molar-refractivity contribution is 6.33. The Morgan fingerprint density at radius 3 is 2.20 bits per heavy atom. The van der Waals surface area contributed by atoms with E-state index < -0.39 is 48.5 Å². The molecule has 1 aromatic heterocycles. The van der Waals surface area contributed by atoms with E-state index in [0.29, 0.717) is 17.2 Å². The standard InChI is InChI=1S/C10H9ClF6N2O/c11-7-3-6(10(15,16)17)4-18-8(7)19(1-2-20)5-9(12,13)14/h3-4,20H,1-2,5H2. The van der Waals surface area contributed by atoms with Crippen LogP contribution < -0.4 is 4.90 Å². The van der Waals surface area contributed by atoms with Gasteiger partial charge in [-0.25, -0.2) is 4.98 Å². The summed E-state index contributed by atoms with van der Waals surface area (Å²) < 4.78 is 74.2. The van der Waals surface area contributed by atoms with Gasteiger partial charge in [0.05, 0.1) is 17.2 Å². The molecule has 0 fully saturated rings. The fourth-order valence-electron chi connectivity index (χ4n) is 1.42. The molecule has 1 N–H and O–H groups in total. The minimum atomic E-state index is -4.69. The Balaban J connectivity index is 3.09. The van der Waals surface area contributed by atoms with E-state index in [0.717, 1.165) is 0 Å². The van der Waals surface area contributed by atoms with Gasteiger partial charge in [0.15, 0.2) is 0 Å². The third kappa shape index (κ3) is 4.71. The first kappa shape index (κ1) is 16.8. The van der Waals surface area contributed by atoms with Crippen LogP contribution in [0.2, 0.25) is 5.02 Å². The number of hydrogen-bond donors (Lipinski definition) is 1. The van der Waals surface area contributed by atoms with Gasteiger partial charge in [0.1, 0.15) is 12.4 Å². The van der Waals surface area contributed by atoms with Crippen molar-refractivity contribution in [2.24, 2.45) is 0 Å². The number of halogens is 7. The van der Waals surface area contributed by atoms with Gasteiger partial charge in [0.25, 0.3) is 0 Å². The number of anilines is 1. The van der Waals surface area contributed by atoms with Gasteiger partial charge in [-0.1, -0.05) is 11.6 Å². The number of pyridine rings is 1. The van der Waals surface area contributed by atoms with Crippen molar-refractivity contribution in [3.8, 4) is 0 Å². The SMILES string of the molecule is OCCN(CC(F)(F)F)c1ncc(C(F)(F)F)cc1Cl. The van der Waals surface area contributed by atoms with Crippen LogP contribution in [0.15, 0.2) is 12.3 Å². The number of nitrogens with zero attached hydrogens (tertiary/aromatic N) is 2. The lowest BCUT2D eigenvalue weighted by Crippen LogP contribution is -2.37. The molecule has 0 saturated carbocycles. The zero-order valence-corrected chi connectivity index (χ0v) is 10.5. The number of rotatable bonds is 4. The Labute approximate surface area is 114 Å². The van der Waals surface area contributed by atoms with Gasteiger partial charge in [0.2, 0.25) is 0 Å². The highest BCUT2D eigenvalue weighted by Crippen LogP contribution is 2.34. The number of aromatic nitrogens is 1. The number of aliphatic hydroxyl groups is 1. The molecule has 0 bridgehead atoms. The van der Waals surface area contributed by atoms with E-state index in [4.69, 9.17) is 16.7 Å². The predicted molar refractivity (Wildman–Crippen MR) is 59.6 cm³/mol. The molecule has 1 heterocycles. The molecular formula is C10H9ClF6N2O. The third-order valence-corrected chi connectivity index (χ3v) is 2.47. The summed E-state index contributed by atoms with van der Waals surface area (Å²) in [6.45, 7) is -2.57. The summed E-state index contributed by atoms with van der Waals surface area (Å²) in [4.78, 5) is 3.87. The molecule has 0 aliphatic rings. The molecule has 0 unspecified atom stereocenters. The molecule has 0 atom stereocenters. The van der Waals surface area contributed by atoms with Crippen LogP contribution in [0.25, 0.3) is 0 Å². The van der Waals surface area contributed by atoms with Crippen molar-refractivity contribution in [1.82, 2.24) is 4.98 Å². The summed E-state index contributed by atoms with van der Waals surface area (Å²) in [5, 5.41) is 8.14. The molecule has 0 spiro atoms. The van der Waals surface area contributed by atoms with E-state index in [9.17, 15) is 26.3 Å². The lowest BCUT2D eigenvalue weighted by Gasteiger charge is -2.25. The highest BCUT2D eigenvalue weighted by atomic mass is 35.5. The van der Waals surface area contributed by atoms with E-state index in [1.54, 1.807) is 0 Å². The second-order valence-corrected chi connectivity index (χ2v) is 4.19. The lowest BCUT2D eigenvalue weighted by molar-refractivity contribution is -0.137. The summed E-state index contributed by atoms with van der Waals surface area (Å²) >= 11 is 5.54. The van der Waals surface area contributed by atoms with Crippen molar-refractivity contribution in [1.29, 1.82) is 0 Å². The van der Waals surface area contributed by atoms with Crippen LogP contribution in [0.1, 0.15) is 5.56 Å². The maximum Gasteiger partial charge on any atom is 0.417 e. The van der Waals surface area contributed by atoms with Gasteiger partial charge in [-0.2, -0.15) is 26.3 Å². The molecule has 0 amide bonds. The van der Waals surface area contributed by atoms with Crippen molar-refractivity contribution in [2.45, 2.75) is 12.4 Å². The molecule has 0 aromatic carbocycles. The molecule has 20 heavy (non-hydrogen) atoms. The maximum atomic E-state index is 12.4. The zero-order chi connectivity index (χ0) is 15.6. The van der Waals surface area contributed by atoms with Crippen molar-refractivity contribution < 1.29 is 31.4 Å². The fraction of sp³-hybridized carbons (Fsp3) is 0.500. The third-order valence-electron chi connectivity index (χ3n) is 2.19. The van der Waals surface area contributed by atoms with E-state index in [2.05, 4.69) is 4.98 Å². The molecule has 0 aliphatic carbocycles. The number of hydrogen-bond acceptors (Lipinski definition) is 3. The quantitative estimate of drug-likeness (QED) is 0.865. The smallest absolute Gasteiger partial charge is 0.395 e. The predicted octanol–water partition coefficient (Wildman–Crippen LogP) is 3.11. The van der Waals surface area contributed by atoms with Crippen LogP contribution in [0.3, 0.4) is 0 Å². The average Bonchev–Trinajstić information content (AvgIpc) is 2.25. The number of alkyl halides is 6. The van der Waals surface area contributed by atoms with Crippen molar-refractivity contribution in [3.05, 3.63) is 22.8 Å². The van der Waals surface area contributed by atoms with Gasteiger partial charge < -0.3 is 10.0 Å². The topological polar surface area (TPSA) is 36.4 Å². The Hall–Kier alpha value is -1.22. The van der Waals surface area contributed by atoms with Gasteiger partial charge >= 0.3 is 12.4 Å². The van der Waals surface area contributed by atoms with Crippen LogP contribution in [0, 0.1) is 0 Å². The van der Waals surface area contributed by atoms with Crippen molar-refractivity contribution in [3.63, 3.8) is 0 Å². The minimum Gasteiger partial charge on any atom is -0.395 e. The van der Waals surface area contributed by atoms with Gasteiger partial charge in [-0.15, -0.1) is 0 Å². The van der Waals surface area contributed by atoms with Gasteiger partial charge in [-0.05, 0) is 6.07 Å². The molecule has 1 aromatic rings. The molecule has 0 saturated heterocycles. The summed E-state index contributed by atoms with van der Waals surface area (Å²) in [7, 11) is 0. The molecule has 114 valence electrons. The molecule has 0 radical (unpaired) electrons. The van der Waals surface area contributed by atoms with Crippen LogP contribution in [-0.2, 0) is 6.18 Å². The first-order valence-electron chi connectivity index (χ1n) is 5.20. The largest absolute Gasteiger partial charge is 0.417 e. The highest BCUT2D eigenvalue weighted by Gasteiger charge is 2.34. The Morgan fingerprint density at radius 2 is 1.80 bits per heavy atom. The summed E-state index contributed by atoms with van der Waals surface area (Å²) in [5.74, 6) is -0.467. The molecule has 10 heteroatoms. The summed E-state index contributed by atoms with van der Waals surface area (Å²) in [6, 6.07) is 0.491. The van der Waals surface area contributed by atoms with Crippen LogP contribution in [-0.4, -0.2) is 36.0 Å². The Kier molecular flexibility index (Phi) is 5.09. The second-order valence-electron chi connectivity index (χ2n) is 3.79. The van der Waals surface area contributed by atoms with Crippen molar-refractivity contribution >= 4 is 17.4 Å². The van der Waals surface area contributed by atoms with Crippen LogP contribution in [0.4, 0.5) is 32.2 Å². The summed E-state index contributed by atoms with van der Waals surface area (Å²) in [5.41, 5.74) is -1.16. The minimum absolute atomic E-state index is 0.391. The number of aliphatic hydroxyl groups excluding tert-OH is 1. The molecule has 3 nitrogen and oxygen atoms in total. The van der Waals surface area contributed by atoms with E-state index in [1.807, 2.05) is 0 Å². The maximum absolute atomic E-state index is 12.4. The normalized spacial score (nSPS) is 12.6. The zero-order valence-electron chi connectivity index (χ0n) is 9.76. The fourth-order valence-corrected chi connectivity index (χ4v) is 1.70. The molecular weight excluding hydrogens is 314 g/mol. The average molecular weight is 323 g/mol. The Morgan fingerprint density at radius 1 is 1.20 bits per heavy atom. The first-order valence-corrected chi connectivity index (χ1v) is 5.57.